The average molecular weight is 185 g/mol. The van der Waals surface area contributed by atoms with Crippen LogP contribution in [-0.4, -0.2) is 13.1 Å². The predicted molar refractivity (Wildman–Crippen MR) is 61.0 cm³/mol. The van der Waals surface area contributed by atoms with Gasteiger partial charge in [0.1, 0.15) is 0 Å². The maximum Gasteiger partial charge on any atom is -0.00182 e. The minimum Gasteiger partial charge on any atom is -0.316 e. The van der Waals surface area contributed by atoms with Gasteiger partial charge in [0, 0.05) is 0 Å². The summed E-state index contributed by atoms with van der Waals surface area (Å²) >= 11 is 0. The van der Waals surface area contributed by atoms with E-state index >= 15 is 0 Å². The van der Waals surface area contributed by atoms with Crippen LogP contribution in [0.1, 0.15) is 53.9 Å². The second-order valence-corrected chi connectivity index (χ2v) is 5.18. The van der Waals surface area contributed by atoms with Gasteiger partial charge in [0.15, 0.2) is 0 Å². The Morgan fingerprint density at radius 2 is 1.77 bits per heavy atom. The van der Waals surface area contributed by atoms with Crippen LogP contribution in [-0.2, 0) is 0 Å². The first kappa shape index (κ1) is 13.0. The van der Waals surface area contributed by atoms with Crippen molar-refractivity contribution in [3.8, 4) is 0 Å². The summed E-state index contributed by atoms with van der Waals surface area (Å²) < 4.78 is 0. The minimum absolute atomic E-state index is 0.442. The van der Waals surface area contributed by atoms with Gasteiger partial charge in [-0.15, -0.1) is 0 Å². The van der Waals surface area contributed by atoms with E-state index in [-0.39, 0.29) is 0 Å². The van der Waals surface area contributed by atoms with Gasteiger partial charge in [-0.3, -0.25) is 0 Å². The zero-order valence-corrected chi connectivity index (χ0v) is 10.1. The molecule has 0 aliphatic heterocycles. The Morgan fingerprint density at radius 1 is 1.15 bits per heavy atom. The highest BCUT2D eigenvalue weighted by atomic mass is 14.9. The van der Waals surface area contributed by atoms with Crippen LogP contribution in [0.25, 0.3) is 0 Å². The van der Waals surface area contributed by atoms with Gasteiger partial charge >= 0.3 is 0 Å². The van der Waals surface area contributed by atoms with E-state index in [1.165, 1.54) is 25.8 Å². The van der Waals surface area contributed by atoms with Gasteiger partial charge in [-0.05, 0) is 30.8 Å². The Kier molecular flexibility index (Phi) is 6.40. The summed E-state index contributed by atoms with van der Waals surface area (Å²) in [5.41, 5.74) is 0.442. The fourth-order valence-electron chi connectivity index (χ4n) is 1.12. The van der Waals surface area contributed by atoms with E-state index in [2.05, 4.69) is 39.9 Å². The fourth-order valence-corrected chi connectivity index (χ4v) is 1.12. The van der Waals surface area contributed by atoms with Gasteiger partial charge in [0.2, 0.25) is 0 Å². The molecular formula is C12H27N. The second-order valence-electron chi connectivity index (χ2n) is 5.18. The topological polar surface area (TPSA) is 12.0 Å². The van der Waals surface area contributed by atoms with Crippen molar-refractivity contribution in [3.05, 3.63) is 0 Å². The van der Waals surface area contributed by atoms with Crippen molar-refractivity contribution in [2.24, 2.45) is 11.3 Å². The van der Waals surface area contributed by atoms with Crippen molar-refractivity contribution in [3.63, 3.8) is 0 Å². The molecule has 0 aromatic carbocycles. The Balaban J connectivity index is 3.32. The van der Waals surface area contributed by atoms with Crippen LogP contribution in [0.5, 0.6) is 0 Å². The van der Waals surface area contributed by atoms with E-state index in [4.69, 9.17) is 0 Å². The Hall–Kier alpha value is -0.0400. The number of hydrogen-bond donors (Lipinski definition) is 1. The normalized spacial score (nSPS) is 14.5. The summed E-state index contributed by atoms with van der Waals surface area (Å²) in [5.74, 6) is 0.758. The van der Waals surface area contributed by atoms with Crippen molar-refractivity contribution in [2.45, 2.75) is 53.9 Å². The molecule has 0 saturated carbocycles. The average Bonchev–Trinajstić information content (AvgIpc) is 2.02. The molecular weight excluding hydrogens is 158 g/mol. The van der Waals surface area contributed by atoms with E-state index in [9.17, 15) is 0 Å². The molecule has 1 atom stereocenters. The van der Waals surface area contributed by atoms with Gasteiger partial charge in [0.05, 0.1) is 0 Å². The molecule has 1 nitrogen and oxygen atoms in total. The molecule has 0 aromatic heterocycles. The summed E-state index contributed by atoms with van der Waals surface area (Å²) in [4.78, 5) is 0. The molecule has 0 fully saturated rings. The quantitative estimate of drug-likeness (QED) is 0.625. The molecule has 80 valence electrons. The van der Waals surface area contributed by atoms with Gasteiger partial charge < -0.3 is 5.32 Å². The van der Waals surface area contributed by atoms with Crippen LogP contribution in [0.4, 0.5) is 0 Å². The maximum absolute atomic E-state index is 3.53. The third-order valence-corrected chi connectivity index (χ3v) is 2.89. The lowest BCUT2D eigenvalue weighted by Crippen LogP contribution is -2.30. The maximum atomic E-state index is 3.53. The third kappa shape index (κ3) is 7.06. The molecule has 0 aliphatic rings. The van der Waals surface area contributed by atoms with Gasteiger partial charge in [0.25, 0.3) is 0 Å². The minimum atomic E-state index is 0.442. The molecule has 0 spiro atoms. The van der Waals surface area contributed by atoms with Crippen LogP contribution in [0.2, 0.25) is 0 Å². The number of hydrogen-bond acceptors (Lipinski definition) is 1. The van der Waals surface area contributed by atoms with Gasteiger partial charge in [-0.1, -0.05) is 47.5 Å². The molecule has 0 radical (unpaired) electrons. The molecule has 0 heterocycles. The molecule has 1 N–H and O–H groups in total. The Bertz CT molecular complexity index is 113. The standard InChI is InChI=1S/C12H27N/c1-6-7-8-9-13-10-11(2)12(3,4)5/h11,13H,6-10H2,1-5H3. The molecule has 0 amide bonds. The molecule has 0 bridgehead atoms. The SMILES string of the molecule is CCCCCNCC(C)C(C)(C)C. The van der Waals surface area contributed by atoms with Crippen molar-refractivity contribution >= 4 is 0 Å². The highest BCUT2D eigenvalue weighted by Gasteiger charge is 2.18. The lowest BCUT2D eigenvalue weighted by molar-refractivity contribution is 0.253. The van der Waals surface area contributed by atoms with Crippen LogP contribution in [0, 0.1) is 11.3 Å². The van der Waals surface area contributed by atoms with Crippen LogP contribution in [0.3, 0.4) is 0 Å². The first-order chi connectivity index (χ1) is 5.98. The third-order valence-electron chi connectivity index (χ3n) is 2.89. The fraction of sp³-hybridized carbons (Fsp3) is 1.00. The van der Waals surface area contributed by atoms with Crippen molar-refractivity contribution in [1.82, 2.24) is 5.32 Å². The summed E-state index contributed by atoms with van der Waals surface area (Å²) in [5, 5.41) is 3.53. The summed E-state index contributed by atoms with van der Waals surface area (Å²) in [6.45, 7) is 13.9. The van der Waals surface area contributed by atoms with E-state index < -0.39 is 0 Å². The van der Waals surface area contributed by atoms with E-state index in [1.54, 1.807) is 0 Å². The Labute approximate surface area is 84.3 Å². The zero-order valence-electron chi connectivity index (χ0n) is 10.1. The molecule has 0 rings (SSSR count). The largest absolute Gasteiger partial charge is 0.316 e. The van der Waals surface area contributed by atoms with Gasteiger partial charge in [-0.2, -0.15) is 0 Å². The molecule has 0 aliphatic carbocycles. The zero-order chi connectivity index (χ0) is 10.3. The van der Waals surface area contributed by atoms with Crippen molar-refractivity contribution < 1.29 is 0 Å². The molecule has 1 heteroatoms. The summed E-state index contributed by atoms with van der Waals surface area (Å²) in [6.07, 6.45) is 4.00. The van der Waals surface area contributed by atoms with E-state index in [0.29, 0.717) is 5.41 Å². The molecule has 13 heavy (non-hydrogen) atoms. The Morgan fingerprint density at radius 3 is 2.23 bits per heavy atom. The van der Waals surface area contributed by atoms with Crippen molar-refractivity contribution in [2.75, 3.05) is 13.1 Å². The molecule has 0 saturated heterocycles. The van der Waals surface area contributed by atoms with Crippen LogP contribution in [0.15, 0.2) is 0 Å². The number of unbranched alkanes of at least 4 members (excludes halogenated alkanes) is 2. The number of rotatable bonds is 6. The van der Waals surface area contributed by atoms with Crippen LogP contribution >= 0.6 is 0 Å². The highest BCUT2D eigenvalue weighted by molar-refractivity contribution is 4.71. The first-order valence-corrected chi connectivity index (χ1v) is 5.69. The first-order valence-electron chi connectivity index (χ1n) is 5.69. The second kappa shape index (κ2) is 6.42. The monoisotopic (exact) mass is 185 g/mol. The lowest BCUT2D eigenvalue weighted by Gasteiger charge is -2.27. The summed E-state index contributed by atoms with van der Waals surface area (Å²) in [7, 11) is 0. The van der Waals surface area contributed by atoms with E-state index in [1.807, 2.05) is 0 Å². The van der Waals surface area contributed by atoms with Gasteiger partial charge in [-0.25, -0.2) is 0 Å². The summed E-state index contributed by atoms with van der Waals surface area (Å²) in [6, 6.07) is 0. The smallest absolute Gasteiger partial charge is 0.00182 e. The lowest BCUT2D eigenvalue weighted by atomic mass is 9.82. The molecule has 1 unspecified atom stereocenters. The van der Waals surface area contributed by atoms with E-state index in [0.717, 1.165) is 12.5 Å². The predicted octanol–water partition coefficient (Wildman–Crippen LogP) is 3.45. The molecule has 0 aromatic rings. The van der Waals surface area contributed by atoms with Crippen LogP contribution < -0.4 is 5.32 Å². The highest BCUT2D eigenvalue weighted by Crippen LogP contribution is 2.24. The number of nitrogens with one attached hydrogen (secondary N) is 1. The van der Waals surface area contributed by atoms with Crippen molar-refractivity contribution in [1.29, 1.82) is 0 Å².